The van der Waals surface area contributed by atoms with Gasteiger partial charge in [0, 0.05) is 0 Å². The van der Waals surface area contributed by atoms with Crippen molar-refractivity contribution in [2.75, 3.05) is 5.73 Å². The molecule has 0 saturated heterocycles. The van der Waals surface area contributed by atoms with Crippen molar-refractivity contribution < 1.29 is 9.66 Å². The molecule has 0 amide bonds. The molecular formula is C14H20N2O3. The standard InChI is InChI=1S/C14H20N2O3/c1-9-6-7-11(8-10(9)2)19-13-5-3-4-12(15)14(13)16(17)18/h3-5,9-11H,6-8,15H2,1-2H3. The predicted molar refractivity (Wildman–Crippen MR) is 74.1 cm³/mol. The number of nitrogens with two attached hydrogens (primary N) is 1. The van der Waals surface area contributed by atoms with Crippen LogP contribution in [-0.4, -0.2) is 11.0 Å². The molecule has 2 N–H and O–H groups in total. The molecule has 2 rings (SSSR count). The minimum atomic E-state index is -0.473. The monoisotopic (exact) mass is 264 g/mol. The van der Waals surface area contributed by atoms with Crippen molar-refractivity contribution >= 4 is 11.4 Å². The molecule has 0 heterocycles. The molecule has 0 spiro atoms. The molecule has 0 aromatic heterocycles. The zero-order valence-electron chi connectivity index (χ0n) is 11.3. The number of nitrogen functional groups attached to an aromatic ring is 1. The third kappa shape index (κ3) is 2.97. The molecule has 19 heavy (non-hydrogen) atoms. The minimum absolute atomic E-state index is 0.0479. The average Bonchev–Trinajstić information content (AvgIpc) is 2.33. The van der Waals surface area contributed by atoms with Gasteiger partial charge in [0.1, 0.15) is 5.69 Å². The number of hydrogen-bond acceptors (Lipinski definition) is 4. The normalized spacial score (nSPS) is 26.9. The Kier molecular flexibility index (Phi) is 3.93. The maximum atomic E-state index is 11.0. The van der Waals surface area contributed by atoms with Crippen LogP contribution in [0, 0.1) is 22.0 Å². The summed E-state index contributed by atoms with van der Waals surface area (Å²) in [7, 11) is 0. The molecule has 1 fully saturated rings. The first-order valence-corrected chi connectivity index (χ1v) is 6.68. The molecule has 5 nitrogen and oxygen atoms in total. The molecule has 1 aromatic carbocycles. The molecule has 0 aliphatic heterocycles. The number of anilines is 1. The minimum Gasteiger partial charge on any atom is -0.483 e. The summed E-state index contributed by atoms with van der Waals surface area (Å²) < 4.78 is 5.83. The van der Waals surface area contributed by atoms with Crippen molar-refractivity contribution in [1.82, 2.24) is 0 Å². The lowest BCUT2D eigenvalue weighted by atomic mass is 9.80. The summed E-state index contributed by atoms with van der Waals surface area (Å²) in [6, 6.07) is 4.83. The van der Waals surface area contributed by atoms with Gasteiger partial charge in [0.25, 0.3) is 0 Å². The van der Waals surface area contributed by atoms with E-state index in [2.05, 4.69) is 13.8 Å². The Labute approximate surface area is 112 Å². The van der Waals surface area contributed by atoms with Gasteiger partial charge in [-0.1, -0.05) is 19.9 Å². The van der Waals surface area contributed by atoms with E-state index < -0.39 is 4.92 Å². The summed E-state index contributed by atoms with van der Waals surface area (Å²) in [5.74, 6) is 1.56. The summed E-state index contributed by atoms with van der Waals surface area (Å²) >= 11 is 0. The summed E-state index contributed by atoms with van der Waals surface area (Å²) in [6.07, 6.45) is 3.03. The van der Waals surface area contributed by atoms with Crippen LogP contribution in [0.3, 0.4) is 0 Å². The van der Waals surface area contributed by atoms with Crippen molar-refractivity contribution in [1.29, 1.82) is 0 Å². The van der Waals surface area contributed by atoms with E-state index in [0.717, 1.165) is 19.3 Å². The first-order chi connectivity index (χ1) is 8.99. The number of rotatable bonds is 3. The number of ether oxygens (including phenoxy) is 1. The van der Waals surface area contributed by atoms with Gasteiger partial charge in [0.05, 0.1) is 11.0 Å². The molecule has 0 bridgehead atoms. The molecule has 1 saturated carbocycles. The van der Waals surface area contributed by atoms with Crippen LogP contribution in [0.5, 0.6) is 5.75 Å². The van der Waals surface area contributed by atoms with Gasteiger partial charge in [-0.15, -0.1) is 0 Å². The van der Waals surface area contributed by atoms with Crippen LogP contribution in [0.4, 0.5) is 11.4 Å². The van der Waals surface area contributed by atoms with Crippen LogP contribution in [-0.2, 0) is 0 Å². The largest absolute Gasteiger partial charge is 0.483 e. The zero-order valence-corrected chi connectivity index (χ0v) is 11.3. The van der Waals surface area contributed by atoms with E-state index in [0.29, 0.717) is 11.8 Å². The van der Waals surface area contributed by atoms with Gasteiger partial charge in [-0.25, -0.2) is 0 Å². The van der Waals surface area contributed by atoms with Crippen molar-refractivity contribution in [3.8, 4) is 5.75 Å². The molecule has 5 heteroatoms. The Morgan fingerprint density at radius 2 is 2.05 bits per heavy atom. The third-order valence-electron chi connectivity index (χ3n) is 4.06. The topological polar surface area (TPSA) is 78.4 Å². The molecular weight excluding hydrogens is 244 g/mol. The van der Waals surface area contributed by atoms with Gasteiger partial charge >= 0.3 is 5.69 Å². The second kappa shape index (κ2) is 5.47. The highest BCUT2D eigenvalue weighted by atomic mass is 16.6. The van der Waals surface area contributed by atoms with E-state index in [4.69, 9.17) is 10.5 Å². The Balaban J connectivity index is 2.15. The van der Waals surface area contributed by atoms with Crippen molar-refractivity contribution in [2.24, 2.45) is 11.8 Å². The molecule has 3 atom stereocenters. The zero-order chi connectivity index (χ0) is 14.0. The van der Waals surface area contributed by atoms with Gasteiger partial charge in [-0.05, 0) is 43.2 Å². The van der Waals surface area contributed by atoms with Crippen LogP contribution < -0.4 is 10.5 Å². The van der Waals surface area contributed by atoms with Crippen LogP contribution in [0.1, 0.15) is 33.1 Å². The summed E-state index contributed by atoms with van der Waals surface area (Å²) in [5, 5.41) is 11.0. The lowest BCUT2D eigenvalue weighted by Crippen LogP contribution is -2.29. The number of nitro groups is 1. The Bertz CT molecular complexity index is 476. The fraction of sp³-hybridized carbons (Fsp3) is 0.571. The van der Waals surface area contributed by atoms with Gasteiger partial charge in [-0.3, -0.25) is 10.1 Å². The number of benzene rings is 1. The maximum absolute atomic E-state index is 11.0. The first-order valence-electron chi connectivity index (χ1n) is 6.68. The fourth-order valence-corrected chi connectivity index (χ4v) is 2.61. The highest BCUT2D eigenvalue weighted by Gasteiger charge is 2.28. The van der Waals surface area contributed by atoms with Crippen LogP contribution in [0.15, 0.2) is 18.2 Å². The lowest BCUT2D eigenvalue weighted by molar-refractivity contribution is -0.385. The predicted octanol–water partition coefficient (Wildman–Crippen LogP) is 3.38. The molecule has 0 radical (unpaired) electrons. The first kappa shape index (κ1) is 13.6. The van der Waals surface area contributed by atoms with Crippen LogP contribution in [0.2, 0.25) is 0 Å². The van der Waals surface area contributed by atoms with Gasteiger partial charge in [0.2, 0.25) is 0 Å². The molecule has 1 aliphatic rings. The second-order valence-electron chi connectivity index (χ2n) is 5.46. The molecule has 104 valence electrons. The van der Waals surface area contributed by atoms with Gasteiger partial charge < -0.3 is 10.5 Å². The number of nitro benzene ring substituents is 1. The fourth-order valence-electron chi connectivity index (χ4n) is 2.61. The van der Waals surface area contributed by atoms with E-state index in [1.807, 2.05) is 0 Å². The van der Waals surface area contributed by atoms with E-state index in [1.165, 1.54) is 6.07 Å². The third-order valence-corrected chi connectivity index (χ3v) is 4.06. The highest BCUT2D eigenvalue weighted by Crippen LogP contribution is 2.37. The molecule has 1 aromatic rings. The van der Waals surface area contributed by atoms with E-state index in [-0.39, 0.29) is 23.2 Å². The number of hydrogen-bond donors (Lipinski definition) is 1. The summed E-state index contributed by atoms with van der Waals surface area (Å²) in [5.41, 5.74) is 5.69. The van der Waals surface area contributed by atoms with E-state index in [9.17, 15) is 10.1 Å². The SMILES string of the molecule is CC1CCC(Oc2cccc(N)c2[N+](=O)[O-])CC1C. The Hall–Kier alpha value is -1.78. The average molecular weight is 264 g/mol. The number of para-hydroxylation sites is 1. The van der Waals surface area contributed by atoms with Gasteiger partial charge in [0.15, 0.2) is 5.75 Å². The van der Waals surface area contributed by atoms with Crippen molar-refractivity contribution in [3.63, 3.8) is 0 Å². The smallest absolute Gasteiger partial charge is 0.333 e. The van der Waals surface area contributed by atoms with E-state index in [1.54, 1.807) is 12.1 Å². The number of nitrogens with zero attached hydrogens (tertiary/aromatic N) is 1. The maximum Gasteiger partial charge on any atom is 0.333 e. The Morgan fingerprint density at radius 3 is 2.68 bits per heavy atom. The quantitative estimate of drug-likeness (QED) is 0.515. The van der Waals surface area contributed by atoms with Crippen LogP contribution >= 0.6 is 0 Å². The van der Waals surface area contributed by atoms with Crippen molar-refractivity contribution in [2.45, 2.75) is 39.2 Å². The molecule has 3 unspecified atom stereocenters. The summed E-state index contributed by atoms with van der Waals surface area (Å²) in [6.45, 7) is 4.44. The highest BCUT2D eigenvalue weighted by molar-refractivity contribution is 5.65. The van der Waals surface area contributed by atoms with E-state index >= 15 is 0 Å². The lowest BCUT2D eigenvalue weighted by Gasteiger charge is -2.32. The van der Waals surface area contributed by atoms with Crippen molar-refractivity contribution in [3.05, 3.63) is 28.3 Å². The second-order valence-corrected chi connectivity index (χ2v) is 5.46. The molecule has 1 aliphatic carbocycles. The Morgan fingerprint density at radius 1 is 1.32 bits per heavy atom. The van der Waals surface area contributed by atoms with Crippen LogP contribution in [0.25, 0.3) is 0 Å². The summed E-state index contributed by atoms with van der Waals surface area (Å²) in [4.78, 5) is 10.6. The van der Waals surface area contributed by atoms with Gasteiger partial charge in [-0.2, -0.15) is 0 Å².